The van der Waals surface area contributed by atoms with Gasteiger partial charge < -0.3 is 29.0 Å². The predicted molar refractivity (Wildman–Crippen MR) is 113 cm³/mol. The zero-order valence-corrected chi connectivity index (χ0v) is 17.2. The summed E-state index contributed by atoms with van der Waals surface area (Å²) in [6, 6.07) is 13.0. The molecule has 1 fully saturated rings. The first-order valence-corrected chi connectivity index (χ1v) is 10.0. The van der Waals surface area contributed by atoms with Crippen LogP contribution in [0.25, 0.3) is 22.2 Å². The molecule has 1 saturated heterocycles. The highest BCUT2D eigenvalue weighted by Crippen LogP contribution is 2.38. The quantitative estimate of drug-likeness (QED) is 0.628. The Morgan fingerprint density at radius 1 is 1.10 bits per heavy atom. The van der Waals surface area contributed by atoms with E-state index >= 15 is 0 Å². The Labute approximate surface area is 179 Å². The van der Waals surface area contributed by atoms with Gasteiger partial charge in [-0.25, -0.2) is 4.98 Å². The van der Waals surface area contributed by atoms with E-state index in [4.69, 9.17) is 28.7 Å². The van der Waals surface area contributed by atoms with Crippen molar-refractivity contribution in [2.75, 3.05) is 27.6 Å². The van der Waals surface area contributed by atoms with Crippen molar-refractivity contribution in [1.82, 2.24) is 10.3 Å². The van der Waals surface area contributed by atoms with E-state index in [0.29, 0.717) is 36.0 Å². The van der Waals surface area contributed by atoms with Crippen molar-refractivity contribution in [3.05, 3.63) is 42.5 Å². The number of carbonyl (C=O) groups is 1. The third-order valence-corrected chi connectivity index (χ3v) is 5.52. The summed E-state index contributed by atoms with van der Waals surface area (Å²) in [7, 11) is 3.01. The highest BCUT2D eigenvalue weighted by molar-refractivity contribution is 5.89. The van der Waals surface area contributed by atoms with Gasteiger partial charge in [0.25, 0.3) is 0 Å². The topological polar surface area (TPSA) is 88.1 Å². The molecule has 0 amide bonds. The van der Waals surface area contributed by atoms with Crippen LogP contribution in [0.1, 0.15) is 6.42 Å². The molecular weight excluding hydrogens is 400 g/mol. The number of nitrogens with zero attached hydrogens (tertiary/aromatic N) is 1. The van der Waals surface area contributed by atoms with Crippen LogP contribution in [0.15, 0.2) is 42.5 Å². The molecule has 2 atom stereocenters. The van der Waals surface area contributed by atoms with E-state index in [1.54, 1.807) is 7.11 Å². The second-order valence-electron chi connectivity index (χ2n) is 7.42. The summed E-state index contributed by atoms with van der Waals surface area (Å²) >= 11 is 0. The number of ether oxygens (including phenoxy) is 5. The molecule has 1 aromatic heterocycles. The van der Waals surface area contributed by atoms with Gasteiger partial charge >= 0.3 is 5.97 Å². The molecule has 2 aromatic carbocycles. The number of hydrogen-bond donors (Lipinski definition) is 1. The van der Waals surface area contributed by atoms with E-state index in [1.807, 2.05) is 42.5 Å². The SMILES string of the molecule is COC(=O)[C@@H]1C[C@@H](Oc2cc(-c3ccc4c(c3)OCO4)nc3cc(OC)ccc23)CN1. The van der Waals surface area contributed by atoms with Crippen LogP contribution < -0.4 is 24.3 Å². The average molecular weight is 422 g/mol. The van der Waals surface area contributed by atoms with Gasteiger partial charge in [-0.05, 0) is 30.3 Å². The van der Waals surface area contributed by atoms with Gasteiger partial charge in [-0.3, -0.25) is 4.79 Å². The van der Waals surface area contributed by atoms with Crippen LogP contribution in [0, 0.1) is 0 Å². The maximum Gasteiger partial charge on any atom is 0.323 e. The van der Waals surface area contributed by atoms with E-state index < -0.39 is 0 Å². The van der Waals surface area contributed by atoms with Crippen molar-refractivity contribution < 1.29 is 28.5 Å². The lowest BCUT2D eigenvalue weighted by atomic mass is 10.1. The van der Waals surface area contributed by atoms with Gasteiger partial charge in [-0.15, -0.1) is 0 Å². The first-order valence-electron chi connectivity index (χ1n) is 10.0. The number of rotatable bonds is 5. The van der Waals surface area contributed by atoms with Crippen molar-refractivity contribution in [1.29, 1.82) is 0 Å². The number of hydrogen-bond acceptors (Lipinski definition) is 8. The van der Waals surface area contributed by atoms with Crippen molar-refractivity contribution in [3.8, 4) is 34.3 Å². The monoisotopic (exact) mass is 422 g/mol. The first-order chi connectivity index (χ1) is 15.1. The molecule has 0 aliphatic carbocycles. The van der Waals surface area contributed by atoms with E-state index in [2.05, 4.69) is 5.32 Å². The Kier molecular flexibility index (Phi) is 4.99. The van der Waals surface area contributed by atoms with Crippen LogP contribution in [0.2, 0.25) is 0 Å². The minimum absolute atomic E-state index is 0.165. The molecule has 8 heteroatoms. The molecule has 0 unspecified atom stereocenters. The zero-order valence-electron chi connectivity index (χ0n) is 17.2. The predicted octanol–water partition coefficient (Wildman–Crippen LogP) is 2.92. The molecular formula is C23H22N2O6. The van der Waals surface area contributed by atoms with Crippen molar-refractivity contribution in [2.45, 2.75) is 18.6 Å². The summed E-state index contributed by atoms with van der Waals surface area (Å²) in [6.07, 6.45) is 0.368. The molecule has 3 aromatic rings. The Morgan fingerprint density at radius 3 is 2.81 bits per heavy atom. The van der Waals surface area contributed by atoms with Gasteiger partial charge in [0.05, 0.1) is 25.4 Å². The first kappa shape index (κ1) is 19.4. The molecule has 2 aliphatic rings. The highest BCUT2D eigenvalue weighted by atomic mass is 16.7. The summed E-state index contributed by atoms with van der Waals surface area (Å²) in [6.45, 7) is 0.768. The van der Waals surface area contributed by atoms with Gasteiger partial charge in [0.15, 0.2) is 11.5 Å². The molecule has 5 rings (SSSR count). The molecule has 8 nitrogen and oxygen atoms in total. The van der Waals surface area contributed by atoms with Gasteiger partial charge in [0.2, 0.25) is 6.79 Å². The summed E-state index contributed by atoms with van der Waals surface area (Å²) in [5, 5.41) is 4.02. The molecule has 0 bridgehead atoms. The normalized spacial score (nSPS) is 19.4. The average Bonchev–Trinajstić information content (AvgIpc) is 3.47. The third kappa shape index (κ3) is 3.70. The van der Waals surface area contributed by atoms with E-state index in [0.717, 1.165) is 22.2 Å². The lowest BCUT2D eigenvalue weighted by Gasteiger charge is -2.16. The second-order valence-corrected chi connectivity index (χ2v) is 7.42. The Morgan fingerprint density at radius 2 is 1.97 bits per heavy atom. The number of esters is 1. The maximum absolute atomic E-state index is 11.8. The number of pyridine rings is 1. The number of methoxy groups -OCH3 is 2. The van der Waals surface area contributed by atoms with Crippen LogP contribution in [0.5, 0.6) is 23.0 Å². The van der Waals surface area contributed by atoms with E-state index in [1.165, 1.54) is 7.11 Å². The van der Waals surface area contributed by atoms with E-state index in [-0.39, 0.29) is 24.9 Å². The molecule has 0 spiro atoms. The van der Waals surface area contributed by atoms with Crippen molar-refractivity contribution >= 4 is 16.9 Å². The number of aromatic nitrogens is 1. The molecule has 0 radical (unpaired) electrons. The minimum atomic E-state index is -0.364. The minimum Gasteiger partial charge on any atom is -0.497 e. The van der Waals surface area contributed by atoms with Crippen LogP contribution in [-0.2, 0) is 9.53 Å². The highest BCUT2D eigenvalue weighted by Gasteiger charge is 2.31. The third-order valence-electron chi connectivity index (χ3n) is 5.52. The smallest absolute Gasteiger partial charge is 0.323 e. The maximum atomic E-state index is 11.8. The van der Waals surface area contributed by atoms with Crippen molar-refractivity contribution in [3.63, 3.8) is 0 Å². The lowest BCUT2D eigenvalue weighted by Crippen LogP contribution is -2.31. The molecule has 160 valence electrons. The standard InChI is InChI=1S/C23H22N2O6/c1-27-14-4-5-16-18(8-14)25-17(13-3-6-20-22(7-13)30-12-29-20)10-21(16)31-15-9-19(24-11-15)23(26)28-2/h3-8,10,15,19,24H,9,11-12H2,1-2H3/t15-,19+/m1/s1. The van der Waals surface area contributed by atoms with E-state index in [9.17, 15) is 4.79 Å². The molecule has 2 aliphatic heterocycles. The fourth-order valence-corrected chi connectivity index (χ4v) is 3.90. The largest absolute Gasteiger partial charge is 0.497 e. The van der Waals surface area contributed by atoms with Crippen LogP contribution in [-0.4, -0.2) is 50.7 Å². The van der Waals surface area contributed by atoms with Crippen molar-refractivity contribution in [2.24, 2.45) is 0 Å². The lowest BCUT2D eigenvalue weighted by molar-refractivity contribution is -0.142. The number of nitrogens with one attached hydrogen (secondary N) is 1. The van der Waals surface area contributed by atoms with Gasteiger partial charge in [-0.2, -0.15) is 0 Å². The molecule has 31 heavy (non-hydrogen) atoms. The fraction of sp³-hybridized carbons (Fsp3) is 0.304. The molecule has 0 saturated carbocycles. The summed E-state index contributed by atoms with van der Waals surface area (Å²) in [5.74, 6) is 2.53. The van der Waals surface area contributed by atoms with Crippen LogP contribution in [0.3, 0.4) is 0 Å². The second kappa shape index (κ2) is 7.96. The number of fused-ring (bicyclic) bond motifs is 2. The van der Waals surface area contributed by atoms with Gasteiger partial charge in [0, 0.05) is 36.0 Å². The fourth-order valence-electron chi connectivity index (χ4n) is 3.90. The van der Waals surface area contributed by atoms with Crippen LogP contribution >= 0.6 is 0 Å². The summed E-state index contributed by atoms with van der Waals surface area (Å²) in [5.41, 5.74) is 2.38. The summed E-state index contributed by atoms with van der Waals surface area (Å²) in [4.78, 5) is 16.7. The Balaban J connectivity index is 1.52. The molecule has 1 N–H and O–H groups in total. The zero-order chi connectivity index (χ0) is 21.4. The number of benzene rings is 2. The van der Waals surface area contributed by atoms with Crippen LogP contribution in [0.4, 0.5) is 0 Å². The number of carbonyl (C=O) groups excluding carboxylic acids is 1. The van der Waals surface area contributed by atoms with Gasteiger partial charge in [-0.1, -0.05) is 0 Å². The molecule has 3 heterocycles. The Bertz CT molecular complexity index is 1150. The summed E-state index contributed by atoms with van der Waals surface area (Å²) < 4.78 is 27.5. The van der Waals surface area contributed by atoms with Gasteiger partial charge in [0.1, 0.15) is 23.6 Å². The Hall–Kier alpha value is -3.52.